The number of benzene rings is 2. The summed E-state index contributed by atoms with van der Waals surface area (Å²) in [7, 11) is 1.58. The molecule has 1 aliphatic rings. The first-order valence-corrected chi connectivity index (χ1v) is 10.6. The summed E-state index contributed by atoms with van der Waals surface area (Å²) in [6.45, 7) is 0.830. The fourth-order valence-corrected chi connectivity index (χ4v) is 4.26. The van der Waals surface area contributed by atoms with Gasteiger partial charge in [-0.2, -0.15) is 0 Å². The van der Waals surface area contributed by atoms with Crippen LogP contribution in [-0.2, 0) is 0 Å². The molecule has 0 bridgehead atoms. The fraction of sp³-hybridized carbons (Fsp3) is 0.208. The second-order valence-corrected chi connectivity index (χ2v) is 7.85. The average molecular weight is 443 g/mol. The van der Waals surface area contributed by atoms with Gasteiger partial charge in [0.2, 0.25) is 0 Å². The summed E-state index contributed by atoms with van der Waals surface area (Å²) in [6.07, 6.45) is 5.05. The minimum absolute atomic E-state index is 0.110. The van der Waals surface area contributed by atoms with Crippen LogP contribution in [0.5, 0.6) is 5.75 Å². The van der Waals surface area contributed by atoms with Gasteiger partial charge in [0.1, 0.15) is 11.6 Å². The largest absolute Gasteiger partial charge is 0.497 e. The molecule has 1 N–H and O–H groups in total. The summed E-state index contributed by atoms with van der Waals surface area (Å²) in [5, 5.41) is 15.3. The zero-order valence-electron chi connectivity index (χ0n) is 17.9. The van der Waals surface area contributed by atoms with Crippen molar-refractivity contribution < 1.29 is 9.66 Å². The molecular weight excluding hydrogens is 422 g/mol. The lowest BCUT2D eigenvalue weighted by molar-refractivity contribution is -0.384. The maximum absolute atomic E-state index is 13.8. The van der Waals surface area contributed by atoms with E-state index in [0.29, 0.717) is 33.9 Å². The smallest absolute Gasteiger partial charge is 0.271 e. The molecule has 2 aromatic carbocycles. The van der Waals surface area contributed by atoms with Crippen LogP contribution in [0.25, 0.3) is 27.7 Å². The number of hydrogen-bond acceptors (Lipinski definition) is 7. The van der Waals surface area contributed by atoms with Crippen LogP contribution in [-0.4, -0.2) is 33.1 Å². The van der Waals surface area contributed by atoms with E-state index < -0.39 is 4.92 Å². The molecule has 33 heavy (non-hydrogen) atoms. The second-order valence-electron chi connectivity index (χ2n) is 7.85. The third-order valence-electron chi connectivity index (χ3n) is 5.87. The van der Waals surface area contributed by atoms with E-state index in [1.807, 2.05) is 0 Å². The number of nitro groups is 1. The minimum atomic E-state index is -0.497. The van der Waals surface area contributed by atoms with Crippen molar-refractivity contribution in [1.82, 2.24) is 19.9 Å². The molecule has 0 saturated carbocycles. The Bertz CT molecular complexity index is 1390. The van der Waals surface area contributed by atoms with Crippen molar-refractivity contribution >= 4 is 16.6 Å². The van der Waals surface area contributed by atoms with Gasteiger partial charge in [-0.1, -0.05) is 6.07 Å². The Balaban J connectivity index is 1.86. The minimum Gasteiger partial charge on any atom is -0.497 e. The number of methoxy groups -OCH3 is 1. The molecule has 2 aromatic heterocycles. The number of ether oxygens (including phenoxy) is 1. The van der Waals surface area contributed by atoms with Crippen molar-refractivity contribution in [1.29, 1.82) is 0 Å². The number of pyridine rings is 1. The lowest BCUT2D eigenvalue weighted by atomic mass is 10.0. The Morgan fingerprint density at radius 3 is 2.67 bits per heavy atom. The van der Waals surface area contributed by atoms with E-state index in [-0.39, 0.29) is 22.7 Å². The van der Waals surface area contributed by atoms with Gasteiger partial charge in [-0.05, 0) is 49.7 Å². The highest BCUT2D eigenvalue weighted by atomic mass is 16.6. The third-order valence-corrected chi connectivity index (χ3v) is 5.87. The first kappa shape index (κ1) is 20.8. The molecule has 1 atom stereocenters. The monoisotopic (exact) mass is 443 g/mol. The van der Waals surface area contributed by atoms with Gasteiger partial charge in [0.05, 0.1) is 34.7 Å². The molecule has 9 heteroatoms. The van der Waals surface area contributed by atoms with Crippen LogP contribution in [0.1, 0.15) is 24.7 Å². The maximum atomic E-state index is 13.8. The Labute approximate surface area is 188 Å². The Morgan fingerprint density at radius 2 is 2.03 bits per heavy atom. The van der Waals surface area contributed by atoms with Crippen molar-refractivity contribution in [2.45, 2.75) is 18.9 Å². The van der Waals surface area contributed by atoms with Crippen molar-refractivity contribution in [2.24, 2.45) is 0 Å². The van der Waals surface area contributed by atoms with E-state index >= 15 is 0 Å². The van der Waals surface area contributed by atoms with E-state index in [4.69, 9.17) is 9.72 Å². The van der Waals surface area contributed by atoms with Crippen LogP contribution < -0.4 is 15.6 Å². The van der Waals surface area contributed by atoms with Crippen molar-refractivity contribution in [3.63, 3.8) is 0 Å². The highest BCUT2D eigenvalue weighted by molar-refractivity contribution is 5.95. The maximum Gasteiger partial charge on any atom is 0.271 e. The molecular formula is C24H21N5O4. The van der Waals surface area contributed by atoms with Crippen LogP contribution in [0.4, 0.5) is 5.69 Å². The highest BCUT2D eigenvalue weighted by Gasteiger charge is 2.26. The van der Waals surface area contributed by atoms with Gasteiger partial charge < -0.3 is 10.1 Å². The molecule has 1 aliphatic heterocycles. The van der Waals surface area contributed by atoms with Crippen LogP contribution in [0.3, 0.4) is 0 Å². The van der Waals surface area contributed by atoms with Gasteiger partial charge in [-0.25, -0.2) is 4.98 Å². The van der Waals surface area contributed by atoms with Crippen LogP contribution in [0.2, 0.25) is 0 Å². The average Bonchev–Trinajstić information content (AvgIpc) is 3.39. The van der Waals surface area contributed by atoms with E-state index in [0.717, 1.165) is 19.4 Å². The summed E-state index contributed by atoms with van der Waals surface area (Å²) >= 11 is 0. The summed E-state index contributed by atoms with van der Waals surface area (Å²) in [5.74, 6) is 1.24. The zero-order valence-corrected chi connectivity index (χ0v) is 17.9. The quantitative estimate of drug-likeness (QED) is 0.369. The van der Waals surface area contributed by atoms with E-state index in [9.17, 15) is 14.9 Å². The first-order chi connectivity index (χ1) is 16.1. The van der Waals surface area contributed by atoms with Gasteiger partial charge in [-0.15, -0.1) is 0 Å². The molecule has 0 amide bonds. The summed E-state index contributed by atoms with van der Waals surface area (Å²) in [4.78, 5) is 34.1. The topological polar surface area (TPSA) is 112 Å². The number of aromatic nitrogens is 3. The molecule has 1 saturated heterocycles. The van der Waals surface area contributed by atoms with Crippen LogP contribution in [0.15, 0.2) is 65.7 Å². The van der Waals surface area contributed by atoms with Crippen LogP contribution >= 0.6 is 0 Å². The number of nitro benzene ring substituents is 1. The Morgan fingerprint density at radius 1 is 1.21 bits per heavy atom. The second kappa shape index (κ2) is 8.44. The SMILES string of the molecule is COc1ccc(-n2c([C@H]3CCCN3)nc3c(-c4cccnc4)cc([N+](=O)[O-])cc3c2=O)cc1. The highest BCUT2D eigenvalue weighted by Crippen LogP contribution is 2.33. The molecule has 0 spiro atoms. The molecule has 0 unspecified atom stereocenters. The first-order valence-electron chi connectivity index (χ1n) is 10.6. The lowest BCUT2D eigenvalue weighted by Gasteiger charge is -2.19. The third kappa shape index (κ3) is 3.72. The Kier molecular flexibility index (Phi) is 5.31. The standard InChI is InChI=1S/C24H21N5O4/c1-33-18-8-6-16(7-9-18)28-23(21-5-3-11-26-21)27-22-19(15-4-2-10-25-14-15)12-17(29(31)32)13-20(22)24(28)30/h2,4,6-10,12-14,21,26H,3,5,11H2,1H3/t21-/m1/s1. The number of fused-ring (bicyclic) bond motifs is 1. The number of nitrogens with one attached hydrogen (secondary N) is 1. The van der Waals surface area contributed by atoms with Gasteiger partial charge >= 0.3 is 0 Å². The van der Waals surface area contributed by atoms with Gasteiger partial charge in [0.15, 0.2) is 0 Å². The molecule has 5 rings (SSSR count). The molecule has 1 fully saturated rings. The van der Waals surface area contributed by atoms with Gasteiger partial charge in [-0.3, -0.25) is 24.5 Å². The summed E-state index contributed by atoms with van der Waals surface area (Å²) in [5.41, 5.74) is 1.67. The number of non-ortho nitro benzene ring substituents is 1. The van der Waals surface area contributed by atoms with Gasteiger partial charge in [0.25, 0.3) is 11.2 Å². The van der Waals surface area contributed by atoms with E-state index in [1.54, 1.807) is 60.5 Å². The molecule has 166 valence electrons. The van der Waals surface area contributed by atoms with E-state index in [2.05, 4.69) is 10.3 Å². The molecule has 0 radical (unpaired) electrons. The van der Waals surface area contributed by atoms with Crippen molar-refractivity contribution in [2.75, 3.05) is 13.7 Å². The van der Waals surface area contributed by atoms with Crippen molar-refractivity contribution in [3.8, 4) is 22.6 Å². The predicted octanol–water partition coefficient (Wildman–Crippen LogP) is 3.79. The molecule has 3 heterocycles. The molecule has 0 aliphatic carbocycles. The van der Waals surface area contributed by atoms with Crippen molar-refractivity contribution in [3.05, 3.63) is 87.2 Å². The lowest BCUT2D eigenvalue weighted by Crippen LogP contribution is -2.29. The normalized spacial score (nSPS) is 15.6. The summed E-state index contributed by atoms with van der Waals surface area (Å²) in [6, 6.07) is 13.3. The molecule has 9 nitrogen and oxygen atoms in total. The summed E-state index contributed by atoms with van der Waals surface area (Å²) < 4.78 is 6.79. The predicted molar refractivity (Wildman–Crippen MR) is 124 cm³/mol. The number of hydrogen-bond donors (Lipinski definition) is 1. The molecule has 4 aromatic rings. The Hall–Kier alpha value is -4.11. The van der Waals surface area contributed by atoms with Crippen LogP contribution in [0, 0.1) is 10.1 Å². The number of rotatable bonds is 5. The fourth-order valence-electron chi connectivity index (χ4n) is 4.26. The zero-order chi connectivity index (χ0) is 22.9. The van der Waals surface area contributed by atoms with Gasteiger partial charge in [0, 0.05) is 35.7 Å². The van der Waals surface area contributed by atoms with E-state index in [1.165, 1.54) is 12.1 Å². The number of nitrogens with zero attached hydrogens (tertiary/aromatic N) is 4.